The Hall–Kier alpha value is -2.91. The molecule has 0 radical (unpaired) electrons. The zero-order valence-electron chi connectivity index (χ0n) is 22.6. The van der Waals surface area contributed by atoms with Gasteiger partial charge in [-0.05, 0) is 54.7 Å². The number of pyridine rings is 1. The van der Waals surface area contributed by atoms with Crippen molar-refractivity contribution < 1.29 is 14.4 Å². The van der Waals surface area contributed by atoms with E-state index in [2.05, 4.69) is 15.6 Å². The third kappa shape index (κ3) is 7.00. The highest BCUT2D eigenvalue weighted by Crippen LogP contribution is 2.29. The van der Waals surface area contributed by atoms with Crippen molar-refractivity contribution >= 4 is 46.7 Å². The van der Waals surface area contributed by atoms with Gasteiger partial charge in [-0.15, -0.1) is 12.4 Å². The fourth-order valence-electron chi connectivity index (χ4n) is 6.09. The number of aromatic nitrogens is 1. The first-order valence-corrected chi connectivity index (χ1v) is 14.2. The lowest BCUT2D eigenvalue weighted by Crippen LogP contribution is -2.55. The van der Waals surface area contributed by atoms with Gasteiger partial charge in [-0.25, -0.2) is 4.98 Å². The molecule has 4 N–H and O–H groups in total. The second-order valence-corrected chi connectivity index (χ2v) is 11.1. The van der Waals surface area contributed by atoms with E-state index < -0.39 is 12.1 Å². The van der Waals surface area contributed by atoms with Gasteiger partial charge in [0, 0.05) is 37.8 Å². The van der Waals surface area contributed by atoms with Gasteiger partial charge < -0.3 is 20.9 Å². The number of rotatable bonds is 9. The second-order valence-electron chi connectivity index (χ2n) is 11.1. The molecule has 0 bridgehead atoms. The summed E-state index contributed by atoms with van der Waals surface area (Å²) >= 11 is 0. The van der Waals surface area contributed by atoms with Crippen molar-refractivity contribution in [2.24, 2.45) is 5.92 Å². The number of benzene rings is 1. The van der Waals surface area contributed by atoms with Gasteiger partial charge in [-0.2, -0.15) is 0 Å². The molecule has 3 aliphatic rings. The van der Waals surface area contributed by atoms with Gasteiger partial charge >= 0.3 is 0 Å². The number of likely N-dealkylation sites (tertiary alicyclic amines) is 2. The van der Waals surface area contributed by atoms with Crippen molar-refractivity contribution in [2.45, 2.75) is 76.4 Å². The number of carbonyl (C=O) groups is 3. The van der Waals surface area contributed by atoms with E-state index in [4.69, 9.17) is 5.73 Å². The Morgan fingerprint density at radius 1 is 1.00 bits per heavy atom. The van der Waals surface area contributed by atoms with E-state index in [0.717, 1.165) is 61.5 Å². The first-order valence-electron chi connectivity index (χ1n) is 14.2. The maximum absolute atomic E-state index is 13.8. The van der Waals surface area contributed by atoms with Crippen LogP contribution in [0.2, 0.25) is 0 Å². The number of halogens is 1. The zero-order chi connectivity index (χ0) is 26.5. The van der Waals surface area contributed by atoms with Crippen molar-refractivity contribution in [1.29, 1.82) is 0 Å². The van der Waals surface area contributed by atoms with Crippen LogP contribution in [0.3, 0.4) is 0 Å². The van der Waals surface area contributed by atoms with Crippen LogP contribution in [0.15, 0.2) is 30.5 Å². The summed E-state index contributed by atoms with van der Waals surface area (Å²) in [5, 5.41) is 8.21. The number of nitrogens with two attached hydrogens (primary N) is 1. The van der Waals surface area contributed by atoms with Crippen LogP contribution in [-0.2, 0) is 20.9 Å². The molecule has 1 aliphatic carbocycles. The average molecular weight is 557 g/mol. The van der Waals surface area contributed by atoms with Crippen molar-refractivity contribution in [3.63, 3.8) is 0 Å². The summed E-state index contributed by atoms with van der Waals surface area (Å²) in [7, 11) is 0. The van der Waals surface area contributed by atoms with Crippen molar-refractivity contribution in [3.8, 4) is 0 Å². The minimum atomic E-state index is -0.482. The van der Waals surface area contributed by atoms with Gasteiger partial charge in [-0.3, -0.25) is 19.7 Å². The molecule has 1 saturated carbocycles. The number of hydrogen-bond donors (Lipinski definition) is 3. The number of carbonyl (C=O) groups excluding carboxylic acids is 3. The van der Waals surface area contributed by atoms with E-state index >= 15 is 0 Å². The number of anilines is 1. The van der Waals surface area contributed by atoms with E-state index in [-0.39, 0.29) is 36.7 Å². The number of nitrogen functional groups attached to an aromatic ring is 1. The second kappa shape index (κ2) is 13.4. The fraction of sp³-hybridized carbons (Fsp3) is 0.586. The summed E-state index contributed by atoms with van der Waals surface area (Å²) in [5.74, 6) is 0.857. The van der Waals surface area contributed by atoms with Crippen LogP contribution in [0.25, 0.3) is 10.8 Å². The Morgan fingerprint density at radius 3 is 2.54 bits per heavy atom. The number of hydrogen-bond acceptors (Lipinski definition) is 6. The number of amides is 3. The standard InChI is InChI=1S/C29H40N6O3.ClH/c30-27-23-10-9-21(16-22(23)11-12-31-27)18-33-28(37)25-8-4-15-35(25)29(38)24(17-20-6-2-1-3-7-20)32-19-26(36)34-13-5-14-34;/h9-12,16,20,24-25,32H,1-8,13-15,17-19H2,(H2,30,31)(H,33,37);1H/t24-,25+;/m1./s1. The lowest BCUT2D eigenvalue weighted by Gasteiger charge is -2.34. The molecule has 3 heterocycles. The third-order valence-electron chi connectivity index (χ3n) is 8.47. The molecule has 39 heavy (non-hydrogen) atoms. The first-order chi connectivity index (χ1) is 18.5. The highest BCUT2D eigenvalue weighted by Gasteiger charge is 2.38. The molecule has 2 aliphatic heterocycles. The Bertz CT molecular complexity index is 1170. The Kier molecular flexibility index (Phi) is 10.0. The Balaban J connectivity index is 0.00000353. The monoisotopic (exact) mass is 556 g/mol. The molecule has 2 aromatic rings. The fourth-order valence-corrected chi connectivity index (χ4v) is 6.09. The summed E-state index contributed by atoms with van der Waals surface area (Å²) in [6.07, 6.45) is 10.8. The van der Waals surface area contributed by atoms with Gasteiger partial charge in [-0.1, -0.05) is 44.2 Å². The van der Waals surface area contributed by atoms with Gasteiger partial charge in [0.25, 0.3) is 0 Å². The lowest BCUT2D eigenvalue weighted by molar-refractivity contribution is -0.141. The molecule has 1 aromatic carbocycles. The maximum atomic E-state index is 13.8. The molecule has 9 nitrogen and oxygen atoms in total. The van der Waals surface area contributed by atoms with Crippen LogP contribution in [-0.4, -0.2) is 70.8 Å². The van der Waals surface area contributed by atoms with Crippen LogP contribution < -0.4 is 16.4 Å². The number of nitrogens with one attached hydrogen (secondary N) is 2. The lowest BCUT2D eigenvalue weighted by atomic mass is 9.84. The summed E-state index contributed by atoms with van der Waals surface area (Å²) in [4.78, 5) is 47.3. The van der Waals surface area contributed by atoms with E-state index in [1.807, 2.05) is 29.2 Å². The third-order valence-corrected chi connectivity index (χ3v) is 8.47. The summed E-state index contributed by atoms with van der Waals surface area (Å²) in [6, 6.07) is 6.86. The minimum Gasteiger partial charge on any atom is -0.383 e. The molecule has 0 spiro atoms. The molecule has 10 heteroatoms. The predicted molar refractivity (Wildman–Crippen MR) is 154 cm³/mol. The molecule has 212 valence electrons. The van der Waals surface area contributed by atoms with Crippen molar-refractivity contribution in [2.75, 3.05) is 31.9 Å². The normalized spacial score (nSPS) is 20.3. The summed E-state index contributed by atoms with van der Waals surface area (Å²) in [5.41, 5.74) is 6.92. The molecule has 2 saturated heterocycles. The molecule has 3 amide bonds. The van der Waals surface area contributed by atoms with Crippen molar-refractivity contribution in [1.82, 2.24) is 25.4 Å². The molecular formula is C29H41ClN6O3. The van der Waals surface area contributed by atoms with E-state index in [0.29, 0.717) is 31.2 Å². The first kappa shape index (κ1) is 29.1. The van der Waals surface area contributed by atoms with Crippen LogP contribution in [0, 0.1) is 5.92 Å². The van der Waals surface area contributed by atoms with Gasteiger partial charge in [0.1, 0.15) is 11.9 Å². The highest BCUT2D eigenvalue weighted by molar-refractivity contribution is 5.92. The number of fused-ring (bicyclic) bond motifs is 1. The van der Waals surface area contributed by atoms with Crippen LogP contribution >= 0.6 is 12.4 Å². The van der Waals surface area contributed by atoms with Crippen LogP contribution in [0.1, 0.15) is 63.4 Å². The topological polar surface area (TPSA) is 121 Å². The van der Waals surface area contributed by atoms with E-state index in [1.54, 1.807) is 11.1 Å². The Morgan fingerprint density at radius 2 is 1.79 bits per heavy atom. The predicted octanol–water partition coefficient (Wildman–Crippen LogP) is 3.01. The van der Waals surface area contributed by atoms with Gasteiger partial charge in [0.05, 0.1) is 12.6 Å². The quantitative estimate of drug-likeness (QED) is 0.436. The van der Waals surface area contributed by atoms with E-state index in [9.17, 15) is 14.4 Å². The smallest absolute Gasteiger partial charge is 0.243 e. The summed E-state index contributed by atoms with van der Waals surface area (Å²) in [6.45, 7) is 2.73. The maximum Gasteiger partial charge on any atom is 0.243 e. The molecule has 3 fully saturated rings. The van der Waals surface area contributed by atoms with Crippen LogP contribution in [0.5, 0.6) is 0 Å². The van der Waals surface area contributed by atoms with Crippen LogP contribution in [0.4, 0.5) is 5.82 Å². The van der Waals surface area contributed by atoms with Crippen molar-refractivity contribution in [3.05, 3.63) is 36.0 Å². The molecule has 1 aromatic heterocycles. The zero-order valence-corrected chi connectivity index (χ0v) is 23.4. The van der Waals surface area contributed by atoms with Gasteiger partial charge in [0.15, 0.2) is 0 Å². The SMILES string of the molecule is Cl.Nc1nccc2cc(CNC(=O)[C@@H]3CCCN3C(=O)[C@@H](CC3CCCCC3)NCC(=O)N3CCC3)ccc12. The minimum absolute atomic E-state index is 0. The van der Waals surface area contributed by atoms with Gasteiger partial charge in [0.2, 0.25) is 17.7 Å². The molecular weight excluding hydrogens is 516 g/mol. The molecule has 0 unspecified atom stereocenters. The molecule has 5 rings (SSSR count). The largest absolute Gasteiger partial charge is 0.383 e. The summed E-state index contributed by atoms with van der Waals surface area (Å²) < 4.78 is 0. The highest BCUT2D eigenvalue weighted by atomic mass is 35.5. The Labute approximate surface area is 236 Å². The molecule has 2 atom stereocenters. The number of nitrogens with zero attached hydrogens (tertiary/aromatic N) is 3. The average Bonchev–Trinajstić information content (AvgIpc) is 3.39. The van der Waals surface area contributed by atoms with E-state index in [1.165, 1.54) is 19.3 Å².